The largest absolute Gasteiger partial charge is 1.00 e. The SMILES string of the molecule is OC(COc1ccc2c(c1)OCO2)CN1CCCCC1.[Cl-]. The molecule has 1 unspecified atom stereocenters. The fourth-order valence-corrected chi connectivity index (χ4v) is 2.65. The molecule has 1 fully saturated rings. The molecule has 2 aliphatic rings. The predicted octanol–water partition coefficient (Wildman–Crippen LogP) is -1.36. The number of likely N-dealkylation sites (tertiary alicyclic amines) is 1. The zero-order valence-corrected chi connectivity index (χ0v) is 12.7. The highest BCUT2D eigenvalue weighted by Gasteiger charge is 2.16. The lowest BCUT2D eigenvalue weighted by molar-refractivity contribution is -0.00000798. The van der Waals surface area contributed by atoms with E-state index in [1.807, 2.05) is 12.1 Å². The second-order valence-corrected chi connectivity index (χ2v) is 5.34. The zero-order valence-electron chi connectivity index (χ0n) is 12.0. The number of rotatable bonds is 5. The second kappa shape index (κ2) is 7.73. The third-order valence-electron chi connectivity index (χ3n) is 3.70. The molecular weight excluding hydrogens is 294 g/mol. The van der Waals surface area contributed by atoms with Crippen LogP contribution in [0, 0.1) is 0 Å². The van der Waals surface area contributed by atoms with Crippen molar-refractivity contribution < 1.29 is 31.7 Å². The highest BCUT2D eigenvalue weighted by Crippen LogP contribution is 2.35. The molecule has 0 aliphatic carbocycles. The van der Waals surface area contributed by atoms with Crippen LogP contribution in [0.1, 0.15) is 19.3 Å². The van der Waals surface area contributed by atoms with Crippen LogP contribution in [-0.4, -0.2) is 49.1 Å². The van der Waals surface area contributed by atoms with Gasteiger partial charge in [-0.05, 0) is 38.1 Å². The maximum Gasteiger partial charge on any atom is 0.231 e. The predicted molar refractivity (Wildman–Crippen MR) is 74.4 cm³/mol. The van der Waals surface area contributed by atoms with E-state index in [0.29, 0.717) is 24.7 Å². The zero-order chi connectivity index (χ0) is 13.8. The standard InChI is InChI=1S/C15H21NO4.ClH/c17-12(9-16-6-2-1-3-7-16)10-18-13-4-5-14-15(8-13)20-11-19-14;/h4-5,8,12,17H,1-3,6-7,9-11H2;1H/p-1. The molecular formula is C15H21ClNO4-. The fraction of sp³-hybridized carbons (Fsp3) is 0.600. The molecule has 0 aromatic heterocycles. The van der Waals surface area contributed by atoms with Crippen LogP contribution in [0.5, 0.6) is 17.2 Å². The number of fused-ring (bicyclic) bond motifs is 1. The minimum Gasteiger partial charge on any atom is -1.00 e. The molecule has 6 heteroatoms. The van der Waals surface area contributed by atoms with Gasteiger partial charge in [-0.2, -0.15) is 0 Å². The number of halogens is 1. The minimum atomic E-state index is -0.460. The molecule has 5 nitrogen and oxygen atoms in total. The molecule has 0 saturated carbocycles. The third kappa shape index (κ3) is 4.40. The van der Waals surface area contributed by atoms with Gasteiger partial charge < -0.3 is 36.6 Å². The van der Waals surface area contributed by atoms with Crippen LogP contribution in [0.3, 0.4) is 0 Å². The van der Waals surface area contributed by atoms with Gasteiger partial charge in [0.1, 0.15) is 18.5 Å². The van der Waals surface area contributed by atoms with Gasteiger partial charge in [-0.3, -0.25) is 0 Å². The van der Waals surface area contributed by atoms with E-state index in [9.17, 15) is 5.11 Å². The number of benzene rings is 1. The number of piperidine rings is 1. The van der Waals surface area contributed by atoms with Crippen molar-refractivity contribution in [2.45, 2.75) is 25.4 Å². The Labute approximate surface area is 131 Å². The molecule has 21 heavy (non-hydrogen) atoms. The van der Waals surface area contributed by atoms with E-state index in [-0.39, 0.29) is 19.2 Å². The number of nitrogens with zero attached hydrogens (tertiary/aromatic N) is 1. The van der Waals surface area contributed by atoms with E-state index in [1.165, 1.54) is 19.3 Å². The average Bonchev–Trinajstić information content (AvgIpc) is 2.93. The highest BCUT2D eigenvalue weighted by atomic mass is 35.5. The van der Waals surface area contributed by atoms with Gasteiger partial charge in [0, 0.05) is 12.6 Å². The van der Waals surface area contributed by atoms with Crippen LogP contribution in [0.2, 0.25) is 0 Å². The molecule has 2 heterocycles. The number of β-amino-alcohol motifs (C(OH)–C–C–N with tert-alkyl or cyclic N) is 1. The average molecular weight is 315 g/mol. The van der Waals surface area contributed by atoms with Crippen LogP contribution in [0.25, 0.3) is 0 Å². The van der Waals surface area contributed by atoms with Crippen LogP contribution >= 0.6 is 0 Å². The van der Waals surface area contributed by atoms with E-state index in [1.54, 1.807) is 6.07 Å². The topological polar surface area (TPSA) is 51.2 Å². The maximum atomic E-state index is 10.0. The third-order valence-corrected chi connectivity index (χ3v) is 3.70. The Bertz CT molecular complexity index is 451. The Hall–Kier alpha value is -1.17. The summed E-state index contributed by atoms with van der Waals surface area (Å²) in [6.07, 6.45) is 3.31. The van der Waals surface area contributed by atoms with Gasteiger partial charge in [0.2, 0.25) is 6.79 Å². The lowest BCUT2D eigenvalue weighted by atomic mass is 10.1. The number of hydrogen-bond acceptors (Lipinski definition) is 5. The van der Waals surface area contributed by atoms with Crippen molar-refractivity contribution in [2.75, 3.05) is 33.0 Å². The molecule has 0 spiro atoms. The molecule has 0 amide bonds. The number of aliphatic hydroxyl groups excluding tert-OH is 1. The molecule has 1 aromatic carbocycles. The lowest BCUT2D eigenvalue weighted by Crippen LogP contribution is -3.00. The summed E-state index contributed by atoms with van der Waals surface area (Å²) in [6.45, 7) is 3.42. The van der Waals surface area contributed by atoms with Gasteiger partial charge in [0.25, 0.3) is 0 Å². The summed E-state index contributed by atoms with van der Waals surface area (Å²) in [5.74, 6) is 2.14. The first kappa shape index (κ1) is 16.2. The van der Waals surface area contributed by atoms with E-state index in [4.69, 9.17) is 14.2 Å². The Morgan fingerprint density at radius 2 is 1.90 bits per heavy atom. The summed E-state index contributed by atoms with van der Waals surface area (Å²) in [7, 11) is 0. The normalized spacial score (nSPS) is 18.9. The molecule has 3 rings (SSSR count). The molecule has 118 valence electrons. The fourth-order valence-electron chi connectivity index (χ4n) is 2.65. The van der Waals surface area contributed by atoms with E-state index in [2.05, 4.69) is 4.90 Å². The van der Waals surface area contributed by atoms with E-state index < -0.39 is 6.10 Å². The molecule has 1 saturated heterocycles. The van der Waals surface area contributed by atoms with Crippen molar-refractivity contribution >= 4 is 0 Å². The van der Waals surface area contributed by atoms with Crippen LogP contribution in [0.4, 0.5) is 0 Å². The summed E-state index contributed by atoms with van der Waals surface area (Å²) in [6, 6.07) is 5.46. The van der Waals surface area contributed by atoms with E-state index in [0.717, 1.165) is 18.8 Å². The van der Waals surface area contributed by atoms with Gasteiger partial charge in [-0.15, -0.1) is 0 Å². The van der Waals surface area contributed by atoms with Gasteiger partial charge in [0.05, 0.1) is 0 Å². The Morgan fingerprint density at radius 3 is 2.71 bits per heavy atom. The van der Waals surface area contributed by atoms with E-state index >= 15 is 0 Å². The van der Waals surface area contributed by atoms with Crippen molar-refractivity contribution in [3.8, 4) is 17.2 Å². The molecule has 1 aromatic rings. The number of aliphatic hydroxyl groups is 1. The quantitative estimate of drug-likeness (QED) is 0.728. The van der Waals surface area contributed by atoms with Gasteiger partial charge in [-0.1, -0.05) is 6.42 Å². The van der Waals surface area contributed by atoms with Crippen LogP contribution in [0.15, 0.2) is 18.2 Å². The summed E-state index contributed by atoms with van der Waals surface area (Å²) >= 11 is 0. The van der Waals surface area contributed by atoms with Gasteiger partial charge in [-0.25, -0.2) is 0 Å². The highest BCUT2D eigenvalue weighted by molar-refractivity contribution is 5.46. The lowest BCUT2D eigenvalue weighted by Gasteiger charge is -2.28. The van der Waals surface area contributed by atoms with Crippen LogP contribution < -0.4 is 26.6 Å². The number of hydrogen-bond donors (Lipinski definition) is 1. The Balaban J connectivity index is 0.00000161. The van der Waals surface area contributed by atoms with Crippen molar-refractivity contribution in [1.82, 2.24) is 4.90 Å². The smallest absolute Gasteiger partial charge is 0.231 e. The first-order valence-corrected chi connectivity index (χ1v) is 7.24. The second-order valence-electron chi connectivity index (χ2n) is 5.34. The van der Waals surface area contributed by atoms with Gasteiger partial charge >= 0.3 is 0 Å². The summed E-state index contributed by atoms with van der Waals surface area (Å²) in [5.41, 5.74) is 0. The molecule has 0 radical (unpaired) electrons. The Kier molecular flexibility index (Phi) is 5.96. The monoisotopic (exact) mass is 314 g/mol. The van der Waals surface area contributed by atoms with Crippen LogP contribution in [-0.2, 0) is 0 Å². The van der Waals surface area contributed by atoms with Crippen molar-refractivity contribution in [3.63, 3.8) is 0 Å². The summed E-state index contributed by atoms with van der Waals surface area (Å²) in [4.78, 5) is 2.30. The molecule has 0 bridgehead atoms. The first-order chi connectivity index (χ1) is 9.81. The summed E-state index contributed by atoms with van der Waals surface area (Å²) < 4.78 is 16.2. The first-order valence-electron chi connectivity index (χ1n) is 7.24. The maximum absolute atomic E-state index is 10.0. The van der Waals surface area contributed by atoms with Crippen molar-refractivity contribution in [1.29, 1.82) is 0 Å². The molecule has 2 aliphatic heterocycles. The molecule has 1 atom stereocenters. The van der Waals surface area contributed by atoms with Gasteiger partial charge in [0.15, 0.2) is 11.5 Å². The molecule has 1 N–H and O–H groups in total. The minimum absolute atomic E-state index is 0. The van der Waals surface area contributed by atoms with Crippen molar-refractivity contribution in [2.24, 2.45) is 0 Å². The number of ether oxygens (including phenoxy) is 3. The Morgan fingerprint density at radius 1 is 1.14 bits per heavy atom. The van der Waals surface area contributed by atoms with Crippen molar-refractivity contribution in [3.05, 3.63) is 18.2 Å². The summed E-state index contributed by atoms with van der Waals surface area (Å²) in [5, 5.41) is 10.0.